The summed E-state index contributed by atoms with van der Waals surface area (Å²) in [6.07, 6.45) is 4.23. The van der Waals surface area contributed by atoms with Gasteiger partial charge in [-0.05, 0) is 61.4 Å². The minimum absolute atomic E-state index is 0.169. The van der Waals surface area contributed by atoms with E-state index in [4.69, 9.17) is 4.74 Å². The van der Waals surface area contributed by atoms with Gasteiger partial charge in [-0.3, -0.25) is 4.79 Å². The van der Waals surface area contributed by atoms with Crippen LogP contribution in [0.3, 0.4) is 0 Å². The van der Waals surface area contributed by atoms with Gasteiger partial charge in [0.05, 0.1) is 19.0 Å². The highest BCUT2D eigenvalue weighted by molar-refractivity contribution is 6.04. The van der Waals surface area contributed by atoms with Crippen molar-refractivity contribution in [1.29, 1.82) is 0 Å². The number of methoxy groups -OCH3 is 1. The second-order valence-corrected chi connectivity index (χ2v) is 6.88. The molecule has 148 valence electrons. The number of carbonyl (C=O) groups is 1. The third kappa shape index (κ3) is 4.63. The molecular formula is C22H23N5O2. The van der Waals surface area contributed by atoms with Gasteiger partial charge in [-0.2, -0.15) is 5.10 Å². The number of nitrogens with one attached hydrogen (secondary N) is 2. The van der Waals surface area contributed by atoms with Gasteiger partial charge in [0.25, 0.3) is 5.91 Å². The first-order chi connectivity index (χ1) is 14.2. The van der Waals surface area contributed by atoms with E-state index in [9.17, 15) is 4.79 Å². The Hall–Kier alpha value is -3.61. The zero-order chi connectivity index (χ0) is 20.1. The number of ether oxygens (including phenoxy) is 1. The average Bonchev–Trinajstić information content (AvgIpc) is 3.30. The first-order valence-corrected chi connectivity index (χ1v) is 9.61. The first kappa shape index (κ1) is 18.7. The van der Waals surface area contributed by atoms with E-state index in [0.29, 0.717) is 22.8 Å². The van der Waals surface area contributed by atoms with Crippen molar-refractivity contribution in [1.82, 2.24) is 10.2 Å². The van der Waals surface area contributed by atoms with E-state index in [0.717, 1.165) is 24.5 Å². The summed E-state index contributed by atoms with van der Waals surface area (Å²) in [5.74, 6) is 1.25. The molecule has 1 saturated heterocycles. The van der Waals surface area contributed by atoms with Crippen LogP contribution in [-0.4, -0.2) is 36.3 Å². The summed E-state index contributed by atoms with van der Waals surface area (Å²) in [6.45, 7) is 2.13. The predicted octanol–water partition coefficient (Wildman–Crippen LogP) is 4.08. The number of benzene rings is 2. The molecule has 2 aromatic carbocycles. The molecule has 0 radical (unpaired) electrons. The first-order valence-electron chi connectivity index (χ1n) is 9.61. The van der Waals surface area contributed by atoms with Crippen LogP contribution in [0.25, 0.3) is 0 Å². The van der Waals surface area contributed by atoms with E-state index < -0.39 is 0 Å². The fraction of sp³-hybridized carbons (Fsp3) is 0.227. The summed E-state index contributed by atoms with van der Waals surface area (Å²) in [5.41, 5.74) is 3.25. The van der Waals surface area contributed by atoms with E-state index in [1.165, 1.54) is 12.8 Å². The van der Waals surface area contributed by atoms with Crippen molar-refractivity contribution >= 4 is 28.8 Å². The van der Waals surface area contributed by atoms with Crippen LogP contribution in [0.4, 0.5) is 22.9 Å². The van der Waals surface area contributed by atoms with Gasteiger partial charge >= 0.3 is 0 Å². The number of hydrogen-bond acceptors (Lipinski definition) is 6. The van der Waals surface area contributed by atoms with E-state index >= 15 is 0 Å². The van der Waals surface area contributed by atoms with Crippen molar-refractivity contribution in [3.63, 3.8) is 0 Å². The summed E-state index contributed by atoms with van der Waals surface area (Å²) >= 11 is 0. The maximum Gasteiger partial charge on any atom is 0.255 e. The highest BCUT2D eigenvalue weighted by atomic mass is 16.5. The monoisotopic (exact) mass is 389 g/mol. The highest BCUT2D eigenvalue weighted by Crippen LogP contribution is 2.23. The van der Waals surface area contributed by atoms with Gasteiger partial charge < -0.3 is 20.3 Å². The fourth-order valence-corrected chi connectivity index (χ4v) is 3.30. The van der Waals surface area contributed by atoms with Gasteiger partial charge in [-0.25, -0.2) is 0 Å². The van der Waals surface area contributed by atoms with Crippen molar-refractivity contribution in [3.8, 4) is 5.75 Å². The number of anilines is 4. The Morgan fingerprint density at radius 2 is 1.69 bits per heavy atom. The van der Waals surface area contributed by atoms with Gasteiger partial charge in [-0.15, -0.1) is 5.10 Å². The second-order valence-electron chi connectivity index (χ2n) is 6.88. The van der Waals surface area contributed by atoms with Crippen molar-refractivity contribution in [2.45, 2.75) is 12.8 Å². The molecule has 3 aromatic rings. The van der Waals surface area contributed by atoms with Gasteiger partial charge in [-0.1, -0.05) is 0 Å². The van der Waals surface area contributed by atoms with Crippen molar-refractivity contribution in [2.75, 3.05) is 35.7 Å². The zero-order valence-electron chi connectivity index (χ0n) is 16.3. The van der Waals surface area contributed by atoms with Gasteiger partial charge in [0.2, 0.25) is 0 Å². The molecule has 0 aliphatic carbocycles. The normalized spacial score (nSPS) is 13.2. The minimum atomic E-state index is -0.169. The number of amides is 1. The van der Waals surface area contributed by atoms with Crippen LogP contribution in [-0.2, 0) is 0 Å². The second kappa shape index (κ2) is 8.60. The SMILES string of the molecule is COc1ccc(C(=O)Nc2ccc(Nc3cc(N4CCCC4)cnn3)cc2)cc1. The Kier molecular flexibility index (Phi) is 5.56. The number of rotatable bonds is 6. The van der Waals surface area contributed by atoms with Crippen molar-refractivity contribution in [3.05, 3.63) is 66.4 Å². The Balaban J connectivity index is 1.38. The van der Waals surface area contributed by atoms with E-state index in [-0.39, 0.29) is 5.91 Å². The summed E-state index contributed by atoms with van der Waals surface area (Å²) in [5, 5.41) is 14.4. The lowest BCUT2D eigenvalue weighted by Gasteiger charge is -2.17. The molecule has 0 unspecified atom stereocenters. The molecule has 4 rings (SSSR count). The number of carbonyl (C=O) groups excluding carboxylic acids is 1. The van der Waals surface area contributed by atoms with E-state index in [1.807, 2.05) is 30.3 Å². The molecule has 0 spiro atoms. The fourth-order valence-electron chi connectivity index (χ4n) is 3.30. The largest absolute Gasteiger partial charge is 0.497 e. The Morgan fingerprint density at radius 3 is 2.38 bits per heavy atom. The molecule has 2 heterocycles. The smallest absolute Gasteiger partial charge is 0.255 e. The molecule has 29 heavy (non-hydrogen) atoms. The molecule has 0 saturated carbocycles. The molecule has 1 aliphatic heterocycles. The Morgan fingerprint density at radius 1 is 1.00 bits per heavy atom. The topological polar surface area (TPSA) is 79.4 Å². The van der Waals surface area contributed by atoms with Gasteiger partial charge in [0, 0.05) is 36.1 Å². The third-order valence-corrected chi connectivity index (χ3v) is 4.88. The Labute approximate surface area is 169 Å². The zero-order valence-corrected chi connectivity index (χ0v) is 16.3. The summed E-state index contributed by atoms with van der Waals surface area (Å²) in [7, 11) is 1.60. The van der Waals surface area contributed by atoms with Crippen LogP contribution in [0.2, 0.25) is 0 Å². The summed E-state index contributed by atoms with van der Waals surface area (Å²) in [6, 6.07) is 16.5. The van der Waals surface area contributed by atoms with Crippen LogP contribution in [0.15, 0.2) is 60.8 Å². The molecule has 2 N–H and O–H groups in total. The molecule has 7 heteroatoms. The quantitative estimate of drug-likeness (QED) is 0.661. The molecular weight excluding hydrogens is 366 g/mol. The lowest BCUT2D eigenvalue weighted by molar-refractivity contribution is 0.102. The molecule has 1 fully saturated rings. The number of hydrogen-bond donors (Lipinski definition) is 2. The molecule has 1 amide bonds. The van der Waals surface area contributed by atoms with Crippen molar-refractivity contribution < 1.29 is 9.53 Å². The lowest BCUT2D eigenvalue weighted by Crippen LogP contribution is -2.18. The van der Waals surface area contributed by atoms with Gasteiger partial charge in [0.15, 0.2) is 5.82 Å². The maximum atomic E-state index is 12.4. The number of aromatic nitrogens is 2. The average molecular weight is 389 g/mol. The molecule has 1 aliphatic rings. The Bertz CT molecular complexity index is 967. The van der Waals surface area contributed by atoms with Crippen LogP contribution < -0.4 is 20.3 Å². The van der Waals surface area contributed by atoms with Crippen LogP contribution in [0.1, 0.15) is 23.2 Å². The summed E-state index contributed by atoms with van der Waals surface area (Å²) in [4.78, 5) is 14.7. The van der Waals surface area contributed by atoms with Crippen molar-refractivity contribution in [2.24, 2.45) is 0 Å². The van der Waals surface area contributed by atoms with E-state index in [2.05, 4.69) is 25.7 Å². The molecule has 0 bridgehead atoms. The molecule has 7 nitrogen and oxygen atoms in total. The minimum Gasteiger partial charge on any atom is -0.497 e. The maximum absolute atomic E-state index is 12.4. The van der Waals surface area contributed by atoms with Crippen LogP contribution in [0.5, 0.6) is 5.75 Å². The molecule has 0 atom stereocenters. The lowest BCUT2D eigenvalue weighted by atomic mass is 10.2. The number of nitrogens with zero attached hydrogens (tertiary/aromatic N) is 3. The van der Waals surface area contributed by atoms with Gasteiger partial charge in [0.1, 0.15) is 5.75 Å². The standard InChI is InChI=1S/C22H23N5O2/c1-29-20-10-4-16(5-11-20)22(28)25-18-8-6-17(7-9-18)24-21-14-19(15-23-26-21)27-12-2-3-13-27/h4-11,14-15H,2-3,12-13H2,1H3,(H,24,26)(H,25,28). The van der Waals surface area contributed by atoms with Crippen LogP contribution in [0, 0.1) is 0 Å². The molecule has 1 aromatic heterocycles. The van der Waals surface area contributed by atoms with E-state index in [1.54, 1.807) is 37.6 Å². The third-order valence-electron chi connectivity index (χ3n) is 4.88. The predicted molar refractivity (Wildman–Crippen MR) is 114 cm³/mol. The highest BCUT2D eigenvalue weighted by Gasteiger charge is 2.13. The van der Waals surface area contributed by atoms with Crippen LogP contribution >= 0.6 is 0 Å². The summed E-state index contributed by atoms with van der Waals surface area (Å²) < 4.78 is 5.11.